The van der Waals surface area contributed by atoms with Crippen LogP contribution in [-0.4, -0.2) is 33.0 Å². The molecule has 1 aliphatic rings. The molecule has 0 aliphatic heterocycles. The van der Waals surface area contributed by atoms with E-state index in [9.17, 15) is 14.4 Å². The van der Waals surface area contributed by atoms with Gasteiger partial charge in [0.15, 0.2) is 0 Å². The van der Waals surface area contributed by atoms with E-state index in [1.54, 1.807) is 18.0 Å². The highest BCUT2D eigenvalue weighted by atomic mass is 32.1. The lowest BCUT2D eigenvalue weighted by molar-refractivity contribution is 0.0701. The zero-order chi connectivity index (χ0) is 16.7. The van der Waals surface area contributed by atoms with E-state index in [2.05, 4.69) is 0 Å². The van der Waals surface area contributed by atoms with Gasteiger partial charge in [-0.05, 0) is 18.9 Å². The van der Waals surface area contributed by atoms with E-state index in [-0.39, 0.29) is 23.2 Å². The third kappa shape index (κ3) is 2.63. The normalized spacial score (nSPS) is 16.0. The van der Waals surface area contributed by atoms with Crippen molar-refractivity contribution in [3.05, 3.63) is 31.8 Å². The minimum absolute atomic E-state index is 0.0624. The molecule has 1 saturated carbocycles. The van der Waals surface area contributed by atoms with Crippen molar-refractivity contribution in [1.29, 1.82) is 0 Å². The first-order valence-corrected chi connectivity index (χ1v) is 8.70. The van der Waals surface area contributed by atoms with Crippen LogP contribution in [0.25, 0.3) is 10.2 Å². The molecule has 124 valence electrons. The van der Waals surface area contributed by atoms with Crippen molar-refractivity contribution < 1.29 is 4.79 Å². The second-order valence-electron chi connectivity index (χ2n) is 6.24. The number of fused-ring (bicyclic) bond motifs is 1. The Morgan fingerprint density at radius 1 is 1.17 bits per heavy atom. The van der Waals surface area contributed by atoms with Crippen molar-refractivity contribution in [3.63, 3.8) is 0 Å². The van der Waals surface area contributed by atoms with Gasteiger partial charge >= 0.3 is 5.69 Å². The fourth-order valence-corrected chi connectivity index (χ4v) is 4.36. The van der Waals surface area contributed by atoms with E-state index in [0.717, 1.165) is 30.3 Å². The maximum Gasteiger partial charge on any atom is 0.331 e. The zero-order valence-corrected chi connectivity index (χ0v) is 14.5. The fourth-order valence-electron chi connectivity index (χ4n) is 3.28. The van der Waals surface area contributed by atoms with Crippen LogP contribution >= 0.6 is 11.3 Å². The first kappa shape index (κ1) is 16.0. The van der Waals surface area contributed by atoms with Crippen molar-refractivity contribution in [2.24, 2.45) is 14.1 Å². The molecular weight excluding hydrogens is 314 g/mol. The highest BCUT2D eigenvalue weighted by Gasteiger charge is 2.25. The standard InChI is InChI=1S/C16H21N3O3S/c1-17(10-7-5-4-6-8-10)14(21)12-9-11-13(20)18(2)16(22)19(3)15(11)23-12/h9-10H,4-8H2,1-3H3. The van der Waals surface area contributed by atoms with Gasteiger partial charge in [-0.25, -0.2) is 4.79 Å². The Balaban J connectivity index is 2.02. The van der Waals surface area contributed by atoms with E-state index in [1.807, 2.05) is 7.05 Å². The molecule has 0 atom stereocenters. The maximum atomic E-state index is 12.7. The van der Waals surface area contributed by atoms with Crippen molar-refractivity contribution in [3.8, 4) is 0 Å². The zero-order valence-electron chi connectivity index (χ0n) is 13.7. The second-order valence-corrected chi connectivity index (χ2v) is 7.27. The van der Waals surface area contributed by atoms with Crippen LogP contribution in [0.3, 0.4) is 0 Å². The number of hydrogen-bond acceptors (Lipinski definition) is 4. The molecule has 23 heavy (non-hydrogen) atoms. The van der Waals surface area contributed by atoms with Gasteiger partial charge in [0.05, 0.1) is 10.3 Å². The molecule has 7 heteroatoms. The molecule has 6 nitrogen and oxygen atoms in total. The Kier molecular flexibility index (Phi) is 4.14. The summed E-state index contributed by atoms with van der Waals surface area (Å²) < 4.78 is 2.51. The van der Waals surface area contributed by atoms with Crippen LogP contribution in [0.1, 0.15) is 41.8 Å². The van der Waals surface area contributed by atoms with E-state index in [0.29, 0.717) is 15.1 Å². The van der Waals surface area contributed by atoms with Gasteiger partial charge in [-0.1, -0.05) is 19.3 Å². The van der Waals surface area contributed by atoms with E-state index in [4.69, 9.17) is 0 Å². The number of thiophene rings is 1. The monoisotopic (exact) mass is 335 g/mol. The number of aromatic nitrogens is 2. The Morgan fingerprint density at radius 3 is 2.48 bits per heavy atom. The summed E-state index contributed by atoms with van der Waals surface area (Å²) >= 11 is 1.22. The Hall–Kier alpha value is -1.89. The van der Waals surface area contributed by atoms with Crippen LogP contribution in [0.4, 0.5) is 0 Å². The molecule has 0 N–H and O–H groups in total. The minimum Gasteiger partial charge on any atom is -0.338 e. The van der Waals surface area contributed by atoms with Crippen molar-refractivity contribution in [1.82, 2.24) is 14.0 Å². The molecule has 1 amide bonds. The van der Waals surface area contributed by atoms with Crippen LogP contribution < -0.4 is 11.2 Å². The van der Waals surface area contributed by atoms with Crippen LogP contribution in [-0.2, 0) is 14.1 Å². The Labute approximate surface area is 138 Å². The number of carbonyl (C=O) groups is 1. The van der Waals surface area contributed by atoms with Crippen molar-refractivity contribution in [2.45, 2.75) is 38.1 Å². The topological polar surface area (TPSA) is 64.3 Å². The Morgan fingerprint density at radius 2 is 1.83 bits per heavy atom. The summed E-state index contributed by atoms with van der Waals surface area (Å²) in [6, 6.07) is 1.90. The second kappa shape index (κ2) is 5.96. The number of carbonyl (C=O) groups excluding carboxylic acids is 1. The SMILES string of the molecule is CN(C(=O)c1cc2c(=O)n(C)c(=O)n(C)c2s1)C1CCCCC1. The molecule has 0 spiro atoms. The van der Waals surface area contributed by atoms with Gasteiger partial charge in [0.2, 0.25) is 0 Å². The summed E-state index contributed by atoms with van der Waals surface area (Å²) in [4.78, 5) is 39.9. The van der Waals surface area contributed by atoms with E-state index in [1.165, 1.54) is 29.4 Å². The summed E-state index contributed by atoms with van der Waals surface area (Å²) in [5.74, 6) is -0.0624. The largest absolute Gasteiger partial charge is 0.338 e. The number of hydrogen-bond donors (Lipinski definition) is 0. The predicted octanol–water partition coefficient (Wildman–Crippen LogP) is 1.70. The molecule has 1 fully saturated rings. The van der Waals surface area contributed by atoms with Gasteiger partial charge in [-0.2, -0.15) is 0 Å². The van der Waals surface area contributed by atoms with Gasteiger partial charge in [-0.15, -0.1) is 11.3 Å². The van der Waals surface area contributed by atoms with Crippen LogP contribution in [0.15, 0.2) is 15.7 Å². The molecule has 0 unspecified atom stereocenters. The lowest BCUT2D eigenvalue weighted by atomic mass is 9.94. The fraction of sp³-hybridized carbons (Fsp3) is 0.562. The lowest BCUT2D eigenvalue weighted by Gasteiger charge is -2.30. The molecule has 0 radical (unpaired) electrons. The summed E-state index contributed by atoms with van der Waals surface area (Å²) in [6.07, 6.45) is 5.62. The molecule has 1 aliphatic carbocycles. The lowest BCUT2D eigenvalue weighted by Crippen LogP contribution is -2.37. The molecular formula is C16H21N3O3S. The summed E-state index contributed by atoms with van der Waals surface area (Å²) in [7, 11) is 4.91. The summed E-state index contributed by atoms with van der Waals surface area (Å²) in [6.45, 7) is 0. The highest BCUT2D eigenvalue weighted by molar-refractivity contribution is 7.20. The first-order valence-electron chi connectivity index (χ1n) is 7.88. The highest BCUT2D eigenvalue weighted by Crippen LogP contribution is 2.26. The minimum atomic E-state index is -0.371. The molecule has 0 bridgehead atoms. The average molecular weight is 335 g/mol. The van der Waals surface area contributed by atoms with E-state index < -0.39 is 0 Å². The predicted molar refractivity (Wildman–Crippen MR) is 91.3 cm³/mol. The number of amides is 1. The number of nitrogens with zero attached hydrogens (tertiary/aromatic N) is 3. The van der Waals surface area contributed by atoms with Crippen LogP contribution in [0, 0.1) is 0 Å². The van der Waals surface area contributed by atoms with Crippen LogP contribution in [0.5, 0.6) is 0 Å². The molecule has 2 heterocycles. The average Bonchev–Trinajstić information content (AvgIpc) is 3.03. The van der Waals surface area contributed by atoms with Crippen molar-refractivity contribution >= 4 is 27.5 Å². The third-order valence-corrected chi connectivity index (χ3v) is 5.98. The van der Waals surface area contributed by atoms with Gasteiger partial charge in [0.1, 0.15) is 4.83 Å². The van der Waals surface area contributed by atoms with E-state index >= 15 is 0 Å². The summed E-state index contributed by atoms with van der Waals surface area (Å²) in [5, 5.41) is 0.431. The molecule has 2 aromatic rings. The van der Waals surface area contributed by atoms with Gasteiger partial charge in [-0.3, -0.25) is 18.7 Å². The quantitative estimate of drug-likeness (QED) is 0.839. The summed E-state index contributed by atoms with van der Waals surface area (Å²) in [5.41, 5.74) is -0.720. The molecule has 0 saturated heterocycles. The smallest absolute Gasteiger partial charge is 0.331 e. The van der Waals surface area contributed by atoms with Crippen LogP contribution in [0.2, 0.25) is 0 Å². The maximum absolute atomic E-state index is 12.7. The van der Waals surface area contributed by atoms with Gasteiger partial charge in [0, 0.05) is 27.2 Å². The molecule has 3 rings (SSSR count). The van der Waals surface area contributed by atoms with Gasteiger partial charge < -0.3 is 4.90 Å². The third-order valence-electron chi connectivity index (χ3n) is 4.78. The molecule has 0 aromatic carbocycles. The number of rotatable bonds is 2. The van der Waals surface area contributed by atoms with Crippen molar-refractivity contribution in [2.75, 3.05) is 7.05 Å². The first-order chi connectivity index (χ1) is 10.9. The Bertz CT molecular complexity index is 871. The molecule has 2 aromatic heterocycles. The van der Waals surface area contributed by atoms with Gasteiger partial charge in [0.25, 0.3) is 11.5 Å². The number of aryl methyl sites for hydroxylation is 1.